The number of aryl methyl sites for hydroxylation is 1. The number of fused-ring (bicyclic) bond motifs is 3. The lowest BCUT2D eigenvalue weighted by atomic mass is 10.1. The number of benzene rings is 1. The van der Waals surface area contributed by atoms with Crippen LogP contribution in [0.1, 0.15) is 29.3 Å². The van der Waals surface area contributed by atoms with Gasteiger partial charge >= 0.3 is 6.09 Å². The topological polar surface area (TPSA) is 94.7 Å². The minimum absolute atomic E-state index is 0.0314. The number of rotatable bonds is 6. The van der Waals surface area contributed by atoms with Gasteiger partial charge in [-0.05, 0) is 32.0 Å². The van der Waals surface area contributed by atoms with Gasteiger partial charge in [-0.1, -0.05) is 12.1 Å². The number of carbonyl (C=O) groups excluding carboxylic acids is 1. The van der Waals surface area contributed by atoms with E-state index in [1.54, 1.807) is 22.7 Å². The Hall–Kier alpha value is -3.42. The first kappa shape index (κ1) is 23.3. The number of aromatic nitrogens is 2. The molecule has 2 aromatic heterocycles. The largest absolute Gasteiger partial charge is 0.450 e. The van der Waals surface area contributed by atoms with E-state index in [9.17, 15) is 14.9 Å². The number of para-hydroxylation sites is 1. The number of carbonyl (C=O) groups is 1. The normalized spacial score (nSPS) is 15.9. The predicted octanol–water partition coefficient (Wildman–Crippen LogP) is 3.01. The summed E-state index contributed by atoms with van der Waals surface area (Å²) < 4.78 is 6.81. The van der Waals surface area contributed by atoms with Crippen molar-refractivity contribution < 1.29 is 9.53 Å². The van der Waals surface area contributed by atoms with Crippen molar-refractivity contribution in [3.05, 3.63) is 57.0 Å². The third-order valence-corrected chi connectivity index (χ3v) is 7.81. The Morgan fingerprint density at radius 2 is 1.97 bits per heavy atom. The van der Waals surface area contributed by atoms with E-state index in [4.69, 9.17) is 4.74 Å². The summed E-state index contributed by atoms with van der Waals surface area (Å²) in [7, 11) is 0. The molecule has 9 nitrogen and oxygen atoms in total. The molecule has 0 radical (unpaired) electrons. The van der Waals surface area contributed by atoms with Crippen LogP contribution < -0.4 is 10.5 Å². The molecule has 1 amide bonds. The first-order valence-corrected chi connectivity index (χ1v) is 12.8. The van der Waals surface area contributed by atoms with Gasteiger partial charge in [0.05, 0.1) is 42.7 Å². The number of nitriles is 1. The number of piperazine rings is 1. The van der Waals surface area contributed by atoms with E-state index in [1.807, 2.05) is 24.3 Å². The average Bonchev–Trinajstić information content (AvgIpc) is 3.44. The van der Waals surface area contributed by atoms with E-state index >= 15 is 0 Å². The number of nitrogens with zero attached hydrogens (tertiary/aromatic N) is 6. The van der Waals surface area contributed by atoms with Crippen molar-refractivity contribution in [1.29, 1.82) is 5.26 Å². The maximum Gasteiger partial charge on any atom is 0.410 e. The fraction of sp³-hybridized carbons (Fsp3) is 0.440. The van der Waals surface area contributed by atoms with Crippen molar-refractivity contribution in [3.8, 4) is 6.07 Å². The van der Waals surface area contributed by atoms with Crippen LogP contribution in [0.2, 0.25) is 0 Å². The Labute approximate surface area is 207 Å². The fourth-order valence-corrected chi connectivity index (χ4v) is 6.02. The highest BCUT2D eigenvalue weighted by Crippen LogP contribution is 2.35. The maximum absolute atomic E-state index is 13.2. The van der Waals surface area contributed by atoms with Gasteiger partial charge < -0.3 is 9.64 Å². The summed E-state index contributed by atoms with van der Waals surface area (Å²) in [5.41, 5.74) is 2.61. The van der Waals surface area contributed by atoms with Crippen molar-refractivity contribution in [1.82, 2.24) is 19.4 Å². The second-order valence-electron chi connectivity index (χ2n) is 8.79. The highest BCUT2D eigenvalue weighted by molar-refractivity contribution is 7.18. The molecule has 1 fully saturated rings. The summed E-state index contributed by atoms with van der Waals surface area (Å²) >= 11 is 1.49. The molecule has 1 saturated heterocycles. The van der Waals surface area contributed by atoms with Crippen LogP contribution in [0.25, 0.3) is 10.2 Å². The smallest absolute Gasteiger partial charge is 0.410 e. The van der Waals surface area contributed by atoms with Crippen molar-refractivity contribution >= 4 is 33.3 Å². The zero-order valence-electron chi connectivity index (χ0n) is 19.8. The minimum Gasteiger partial charge on any atom is -0.450 e. The van der Waals surface area contributed by atoms with Crippen LogP contribution in [-0.4, -0.2) is 64.8 Å². The quantitative estimate of drug-likeness (QED) is 0.522. The lowest BCUT2D eigenvalue weighted by Crippen LogP contribution is -2.47. The number of ether oxygens (including phenoxy) is 1. The van der Waals surface area contributed by atoms with Crippen LogP contribution >= 0.6 is 11.3 Å². The van der Waals surface area contributed by atoms with E-state index in [1.165, 1.54) is 11.3 Å². The molecule has 0 N–H and O–H groups in total. The van der Waals surface area contributed by atoms with Crippen LogP contribution in [0.4, 0.5) is 10.5 Å². The average molecular weight is 493 g/mol. The standard InChI is InChI=1S/C25H28N6O3S/c1-2-34-25(33)31-15-19-21(16-31)35-23-22(19)24(32)30(17-27-23)9-5-8-28-10-12-29(13-11-28)20-7-4-3-6-18(20)14-26/h3-4,6-7,17H,2,5,8-13,15-16H2,1H3. The zero-order chi connectivity index (χ0) is 24.4. The third kappa shape index (κ3) is 4.61. The Morgan fingerprint density at radius 3 is 2.74 bits per heavy atom. The van der Waals surface area contributed by atoms with Gasteiger partial charge in [-0.15, -0.1) is 11.3 Å². The van der Waals surface area contributed by atoms with E-state index < -0.39 is 0 Å². The van der Waals surface area contributed by atoms with E-state index in [0.717, 1.165) is 60.1 Å². The summed E-state index contributed by atoms with van der Waals surface area (Å²) in [6.45, 7) is 8.10. The molecule has 0 aliphatic carbocycles. The van der Waals surface area contributed by atoms with Gasteiger partial charge in [0.1, 0.15) is 10.9 Å². The molecule has 2 aliphatic rings. The zero-order valence-corrected chi connectivity index (χ0v) is 20.6. The first-order chi connectivity index (χ1) is 17.1. The number of hydrogen-bond acceptors (Lipinski definition) is 8. The van der Waals surface area contributed by atoms with E-state index in [-0.39, 0.29) is 11.7 Å². The summed E-state index contributed by atoms with van der Waals surface area (Å²) in [6.07, 6.45) is 2.16. The van der Waals surface area contributed by atoms with Crippen LogP contribution in [0.15, 0.2) is 35.4 Å². The number of amides is 1. The van der Waals surface area contributed by atoms with Crippen molar-refractivity contribution in [2.75, 3.05) is 44.2 Å². The highest BCUT2D eigenvalue weighted by atomic mass is 32.1. The van der Waals surface area contributed by atoms with Gasteiger partial charge in [-0.2, -0.15) is 5.26 Å². The van der Waals surface area contributed by atoms with Crippen molar-refractivity contribution in [2.24, 2.45) is 0 Å². The molecule has 4 heterocycles. The molecular formula is C25H28N6O3S. The van der Waals surface area contributed by atoms with Gasteiger partial charge in [-0.3, -0.25) is 19.2 Å². The van der Waals surface area contributed by atoms with Gasteiger partial charge in [0.2, 0.25) is 0 Å². The molecule has 0 atom stereocenters. The van der Waals surface area contributed by atoms with Crippen molar-refractivity contribution in [3.63, 3.8) is 0 Å². The second-order valence-corrected chi connectivity index (χ2v) is 9.88. The molecule has 3 aromatic rings. The summed E-state index contributed by atoms with van der Waals surface area (Å²) in [6, 6.07) is 10.0. The monoisotopic (exact) mass is 492 g/mol. The molecule has 182 valence electrons. The maximum atomic E-state index is 13.2. The SMILES string of the molecule is CCOC(=O)N1Cc2sc3ncn(CCCN4CCN(c5ccccc5C#N)CC4)c(=O)c3c2C1. The molecule has 0 saturated carbocycles. The molecular weight excluding hydrogens is 464 g/mol. The number of hydrogen-bond donors (Lipinski definition) is 0. The molecule has 0 spiro atoms. The molecule has 10 heteroatoms. The van der Waals surface area contributed by atoms with Gasteiger partial charge in [-0.25, -0.2) is 9.78 Å². The Morgan fingerprint density at radius 1 is 1.17 bits per heavy atom. The molecule has 0 unspecified atom stereocenters. The molecule has 0 bridgehead atoms. The third-order valence-electron chi connectivity index (χ3n) is 6.68. The summed E-state index contributed by atoms with van der Waals surface area (Å²) in [5.74, 6) is 0. The second kappa shape index (κ2) is 10.1. The van der Waals surface area contributed by atoms with Gasteiger partial charge in [0, 0.05) is 43.2 Å². The minimum atomic E-state index is -0.343. The van der Waals surface area contributed by atoms with Crippen molar-refractivity contribution in [2.45, 2.75) is 33.0 Å². The first-order valence-electron chi connectivity index (χ1n) is 12.0. The van der Waals surface area contributed by atoms with Gasteiger partial charge in [0.15, 0.2) is 0 Å². The number of thiophene rings is 1. The van der Waals surface area contributed by atoms with Crippen LogP contribution in [0, 0.1) is 11.3 Å². The summed E-state index contributed by atoms with van der Waals surface area (Å²) in [4.78, 5) is 38.0. The Kier molecular flexibility index (Phi) is 6.70. The molecule has 35 heavy (non-hydrogen) atoms. The Bertz CT molecular complexity index is 1340. The number of anilines is 1. The van der Waals surface area contributed by atoms with E-state index in [0.29, 0.717) is 37.2 Å². The summed E-state index contributed by atoms with van der Waals surface area (Å²) in [5, 5.41) is 10.0. The lowest BCUT2D eigenvalue weighted by molar-refractivity contribution is 0.107. The highest BCUT2D eigenvalue weighted by Gasteiger charge is 2.30. The molecule has 2 aliphatic heterocycles. The van der Waals surface area contributed by atoms with Gasteiger partial charge in [0.25, 0.3) is 5.56 Å². The van der Waals surface area contributed by atoms with Crippen LogP contribution in [0.3, 0.4) is 0 Å². The molecule has 1 aromatic carbocycles. The predicted molar refractivity (Wildman–Crippen MR) is 135 cm³/mol. The Balaban J connectivity index is 1.18. The van der Waals surface area contributed by atoms with E-state index in [2.05, 4.69) is 20.9 Å². The van der Waals surface area contributed by atoms with Crippen LogP contribution in [-0.2, 0) is 24.4 Å². The van der Waals surface area contributed by atoms with Crippen LogP contribution in [0.5, 0.6) is 0 Å². The fourth-order valence-electron chi connectivity index (χ4n) is 4.87. The molecule has 5 rings (SSSR count). The lowest BCUT2D eigenvalue weighted by Gasteiger charge is -2.36.